The van der Waals surface area contributed by atoms with Gasteiger partial charge in [0.2, 0.25) is 0 Å². The summed E-state index contributed by atoms with van der Waals surface area (Å²) in [5.41, 5.74) is 6.55. The van der Waals surface area contributed by atoms with Gasteiger partial charge in [-0.05, 0) is 30.3 Å². The Bertz CT molecular complexity index is 956. The molecule has 1 aliphatic heterocycles. The molecule has 9 heteroatoms. The molecule has 1 amide bonds. The molecule has 0 saturated carbocycles. The third-order valence-electron chi connectivity index (χ3n) is 4.39. The van der Waals surface area contributed by atoms with Gasteiger partial charge in [0.15, 0.2) is 0 Å². The molecule has 1 saturated heterocycles. The van der Waals surface area contributed by atoms with Crippen LogP contribution in [0.25, 0.3) is 0 Å². The first kappa shape index (κ1) is 20.2. The molecule has 2 aromatic rings. The normalized spacial score (nSPS) is 19.3. The highest BCUT2D eigenvalue weighted by Gasteiger charge is 2.24. The van der Waals surface area contributed by atoms with Crippen molar-refractivity contribution in [2.24, 2.45) is 16.6 Å². The second-order valence-electron chi connectivity index (χ2n) is 6.61. The lowest BCUT2D eigenvalue weighted by Crippen LogP contribution is -2.36. The summed E-state index contributed by atoms with van der Waals surface area (Å²) in [6, 6.07) is 8.60. The Hall–Kier alpha value is -3.51. The summed E-state index contributed by atoms with van der Waals surface area (Å²) >= 11 is 0. The number of benzene rings is 1. The van der Waals surface area contributed by atoms with E-state index >= 15 is 0 Å². The number of carbonyl (C=O) groups excluding carboxylic acids is 1. The highest BCUT2D eigenvalue weighted by atomic mass is 19.1. The molecule has 150 valence electrons. The monoisotopic (exact) mass is 397 g/mol. The number of aliphatic imine (C=N–C) groups is 1. The number of nitrogens with zero attached hydrogens (tertiary/aromatic N) is 3. The van der Waals surface area contributed by atoms with Gasteiger partial charge in [-0.1, -0.05) is 6.92 Å². The van der Waals surface area contributed by atoms with E-state index in [0.29, 0.717) is 30.9 Å². The smallest absolute Gasteiger partial charge is 0.287 e. The summed E-state index contributed by atoms with van der Waals surface area (Å²) in [7, 11) is 0. The summed E-state index contributed by atoms with van der Waals surface area (Å²) in [5.74, 6) is -0.963. The second-order valence-corrected chi connectivity index (χ2v) is 6.61. The Morgan fingerprint density at radius 3 is 2.97 bits per heavy atom. The van der Waals surface area contributed by atoms with E-state index in [9.17, 15) is 9.18 Å². The Morgan fingerprint density at radius 1 is 1.45 bits per heavy atom. The van der Waals surface area contributed by atoms with Gasteiger partial charge in [0, 0.05) is 24.2 Å². The lowest BCUT2D eigenvalue weighted by molar-refractivity contribution is -0.0223. The number of amides is 1. The van der Waals surface area contributed by atoms with Crippen LogP contribution in [-0.2, 0) is 9.47 Å². The number of pyridine rings is 1. The quantitative estimate of drug-likeness (QED) is 0.604. The van der Waals surface area contributed by atoms with E-state index in [1.807, 2.05) is 13.0 Å². The topological polar surface area (TPSA) is 123 Å². The predicted molar refractivity (Wildman–Crippen MR) is 104 cm³/mol. The van der Waals surface area contributed by atoms with Crippen molar-refractivity contribution < 1.29 is 18.7 Å². The summed E-state index contributed by atoms with van der Waals surface area (Å²) in [5, 5.41) is 11.4. The molecule has 0 radical (unpaired) electrons. The van der Waals surface area contributed by atoms with Crippen molar-refractivity contribution in [3.63, 3.8) is 0 Å². The summed E-state index contributed by atoms with van der Waals surface area (Å²) in [4.78, 5) is 20.2. The zero-order valence-corrected chi connectivity index (χ0v) is 15.8. The van der Waals surface area contributed by atoms with Crippen LogP contribution < -0.4 is 11.1 Å². The van der Waals surface area contributed by atoms with Gasteiger partial charge in [-0.3, -0.25) is 4.79 Å². The molecule has 8 nitrogen and oxygen atoms in total. The SMILES string of the molecule is C[C@H]1COCCC1O/C(N)=N\c1cc(NC(=O)c2ccc(C#N)cn2)ccc1F. The molecule has 1 unspecified atom stereocenters. The number of rotatable bonds is 4. The first-order valence-electron chi connectivity index (χ1n) is 9.02. The molecule has 1 aromatic heterocycles. The van der Waals surface area contributed by atoms with Crippen LogP contribution in [0.15, 0.2) is 41.5 Å². The fourth-order valence-corrected chi connectivity index (χ4v) is 2.80. The molecule has 0 bridgehead atoms. The van der Waals surface area contributed by atoms with E-state index in [4.69, 9.17) is 20.5 Å². The lowest BCUT2D eigenvalue weighted by Gasteiger charge is -2.28. The van der Waals surface area contributed by atoms with Crippen molar-refractivity contribution in [3.8, 4) is 6.07 Å². The zero-order chi connectivity index (χ0) is 20.8. The number of anilines is 1. The molecule has 2 heterocycles. The van der Waals surface area contributed by atoms with Crippen molar-refractivity contribution >= 4 is 23.3 Å². The first-order valence-corrected chi connectivity index (χ1v) is 9.02. The van der Waals surface area contributed by atoms with Crippen molar-refractivity contribution in [1.29, 1.82) is 5.26 Å². The van der Waals surface area contributed by atoms with Crippen LogP contribution in [0.3, 0.4) is 0 Å². The fraction of sp³-hybridized carbons (Fsp3) is 0.300. The van der Waals surface area contributed by atoms with Gasteiger partial charge in [-0.25, -0.2) is 9.37 Å². The highest BCUT2D eigenvalue weighted by Crippen LogP contribution is 2.24. The van der Waals surface area contributed by atoms with E-state index in [1.165, 1.54) is 36.5 Å². The van der Waals surface area contributed by atoms with Gasteiger partial charge in [0.25, 0.3) is 11.9 Å². The Morgan fingerprint density at radius 2 is 2.28 bits per heavy atom. The maximum absolute atomic E-state index is 14.1. The van der Waals surface area contributed by atoms with Gasteiger partial charge in [-0.15, -0.1) is 0 Å². The third kappa shape index (κ3) is 5.27. The van der Waals surface area contributed by atoms with E-state index < -0.39 is 11.7 Å². The molecule has 29 heavy (non-hydrogen) atoms. The fourth-order valence-electron chi connectivity index (χ4n) is 2.80. The highest BCUT2D eigenvalue weighted by molar-refractivity contribution is 6.03. The van der Waals surface area contributed by atoms with Gasteiger partial charge in [0.1, 0.15) is 29.4 Å². The molecule has 1 aromatic carbocycles. The number of hydrogen-bond acceptors (Lipinski definition) is 6. The summed E-state index contributed by atoms with van der Waals surface area (Å²) in [6.07, 6.45) is 1.82. The number of halogens is 1. The van der Waals surface area contributed by atoms with Gasteiger partial charge in [-0.2, -0.15) is 10.3 Å². The van der Waals surface area contributed by atoms with Gasteiger partial charge < -0.3 is 20.5 Å². The van der Waals surface area contributed by atoms with Crippen molar-refractivity contribution in [3.05, 3.63) is 53.6 Å². The molecule has 3 N–H and O–H groups in total. The van der Waals surface area contributed by atoms with Crippen LogP contribution in [0.5, 0.6) is 0 Å². The average Bonchev–Trinajstić information content (AvgIpc) is 2.72. The van der Waals surface area contributed by atoms with Crippen LogP contribution in [0.4, 0.5) is 15.8 Å². The number of nitrogens with two attached hydrogens (primary N) is 1. The van der Waals surface area contributed by atoms with Crippen molar-refractivity contribution in [1.82, 2.24) is 4.98 Å². The summed E-state index contributed by atoms with van der Waals surface area (Å²) in [6.45, 7) is 3.11. The van der Waals surface area contributed by atoms with Crippen LogP contribution in [-0.4, -0.2) is 36.2 Å². The number of hydrogen-bond donors (Lipinski definition) is 2. The van der Waals surface area contributed by atoms with Crippen LogP contribution >= 0.6 is 0 Å². The van der Waals surface area contributed by atoms with Crippen molar-refractivity contribution in [2.45, 2.75) is 19.4 Å². The Labute approximate surface area is 167 Å². The molecular weight excluding hydrogens is 377 g/mol. The zero-order valence-electron chi connectivity index (χ0n) is 15.8. The van der Waals surface area contributed by atoms with E-state index in [0.717, 1.165) is 0 Å². The minimum atomic E-state index is -0.605. The first-order chi connectivity index (χ1) is 14.0. The van der Waals surface area contributed by atoms with Crippen LogP contribution in [0, 0.1) is 23.1 Å². The molecular formula is C20H20FN5O3. The lowest BCUT2D eigenvalue weighted by atomic mass is 10.0. The molecule has 1 aliphatic rings. The Balaban J connectivity index is 1.71. The number of aromatic nitrogens is 1. The number of nitrogens with one attached hydrogen (secondary N) is 1. The molecule has 0 spiro atoms. The number of carbonyl (C=O) groups is 1. The van der Waals surface area contributed by atoms with Gasteiger partial charge >= 0.3 is 0 Å². The van der Waals surface area contributed by atoms with E-state index in [1.54, 1.807) is 0 Å². The van der Waals surface area contributed by atoms with Crippen LogP contribution in [0.1, 0.15) is 29.4 Å². The minimum absolute atomic E-state index is 0.0622. The molecule has 1 fully saturated rings. The van der Waals surface area contributed by atoms with Gasteiger partial charge in [0.05, 0.1) is 18.8 Å². The third-order valence-corrected chi connectivity index (χ3v) is 4.39. The maximum Gasteiger partial charge on any atom is 0.287 e. The van der Waals surface area contributed by atoms with E-state index in [2.05, 4.69) is 15.3 Å². The van der Waals surface area contributed by atoms with Crippen molar-refractivity contribution in [2.75, 3.05) is 18.5 Å². The minimum Gasteiger partial charge on any atom is -0.461 e. The Kier molecular flexibility index (Phi) is 6.36. The van der Waals surface area contributed by atoms with E-state index in [-0.39, 0.29) is 29.4 Å². The summed E-state index contributed by atoms with van der Waals surface area (Å²) < 4.78 is 25.1. The average molecular weight is 397 g/mol. The number of ether oxygens (including phenoxy) is 2. The second kappa shape index (κ2) is 9.12. The number of nitriles is 1. The molecule has 2 atom stereocenters. The predicted octanol–water partition coefficient (Wildman–Crippen LogP) is 2.73. The van der Waals surface area contributed by atoms with Crippen LogP contribution in [0.2, 0.25) is 0 Å². The number of amidine groups is 1. The molecule has 3 rings (SSSR count). The largest absolute Gasteiger partial charge is 0.461 e. The maximum atomic E-state index is 14.1. The molecule has 0 aliphatic carbocycles. The standard InChI is InChI=1S/C20H20FN5O3/c1-12-11-28-7-6-18(12)29-20(23)26-17-8-14(3-4-15(17)21)25-19(27)16-5-2-13(9-22)10-24-16/h2-5,8,10,12,18H,6-7,11H2,1H3,(H2,23,26)(H,25,27)/t12-,18?/m0/s1.